The summed E-state index contributed by atoms with van der Waals surface area (Å²) in [5, 5.41) is 6.23. The number of carbonyl (C=O) groups is 2. The second kappa shape index (κ2) is 8.15. The van der Waals surface area contributed by atoms with Crippen molar-refractivity contribution in [2.45, 2.75) is 33.1 Å². The fourth-order valence-corrected chi connectivity index (χ4v) is 3.13. The number of aryl methyl sites for hydroxylation is 1. The van der Waals surface area contributed by atoms with Crippen LogP contribution in [0.5, 0.6) is 0 Å². The monoisotopic (exact) mass is 321 g/mol. The van der Waals surface area contributed by atoms with E-state index in [4.69, 9.17) is 4.74 Å². The molecule has 0 aromatic carbocycles. The predicted octanol–water partition coefficient (Wildman–Crippen LogP) is 2.17. The third-order valence-corrected chi connectivity index (χ3v) is 4.47. The van der Waals surface area contributed by atoms with Gasteiger partial charge in [-0.25, -0.2) is 4.79 Å². The quantitative estimate of drug-likeness (QED) is 0.788. The Morgan fingerprint density at radius 2 is 2.13 bits per heavy atom. The Labute approximate surface area is 137 Å². The summed E-state index contributed by atoms with van der Waals surface area (Å²) in [7, 11) is 1.76. The molecule has 1 aromatic heterocycles. The Bertz CT molecular complexity index is 547. The average Bonchev–Trinajstić information content (AvgIpc) is 2.88. The number of hydrogen-bond donors (Lipinski definition) is 2. The molecule has 1 fully saturated rings. The molecule has 1 unspecified atom stereocenters. The second-order valence-corrected chi connectivity index (χ2v) is 6.26. The summed E-state index contributed by atoms with van der Waals surface area (Å²) >= 11 is 0. The van der Waals surface area contributed by atoms with E-state index in [9.17, 15) is 9.59 Å². The molecule has 2 heterocycles. The van der Waals surface area contributed by atoms with Crippen LogP contribution in [-0.4, -0.2) is 36.1 Å². The van der Waals surface area contributed by atoms with Gasteiger partial charge in [0.05, 0.1) is 12.3 Å². The van der Waals surface area contributed by atoms with E-state index >= 15 is 0 Å². The number of carbonyl (C=O) groups excluding carboxylic acids is 2. The number of piperidine rings is 1. The van der Waals surface area contributed by atoms with Gasteiger partial charge >= 0.3 is 5.97 Å². The summed E-state index contributed by atoms with van der Waals surface area (Å²) in [6.45, 7) is 6.33. The molecule has 0 radical (unpaired) electrons. The van der Waals surface area contributed by atoms with Crippen molar-refractivity contribution in [1.82, 2.24) is 9.88 Å². The van der Waals surface area contributed by atoms with E-state index in [1.54, 1.807) is 30.8 Å². The molecular weight excluding hydrogens is 294 g/mol. The summed E-state index contributed by atoms with van der Waals surface area (Å²) < 4.78 is 6.66. The van der Waals surface area contributed by atoms with Gasteiger partial charge in [0.2, 0.25) is 5.91 Å². The minimum absolute atomic E-state index is 0.00274. The van der Waals surface area contributed by atoms with Crippen molar-refractivity contribution in [3.05, 3.63) is 18.0 Å². The third-order valence-electron chi connectivity index (χ3n) is 4.47. The van der Waals surface area contributed by atoms with Crippen molar-refractivity contribution >= 4 is 17.6 Å². The standard InChI is InChI=1S/C17H27N3O3/c1-4-23-17(22)15-10-14(11-20(15)3)19-16(21)9-12(2)13-5-7-18-8-6-13/h10-13,18H,4-9H2,1-3H3,(H,19,21). The van der Waals surface area contributed by atoms with E-state index in [1.165, 1.54) is 0 Å². The van der Waals surface area contributed by atoms with Crippen LogP contribution in [0.3, 0.4) is 0 Å². The van der Waals surface area contributed by atoms with E-state index in [2.05, 4.69) is 17.6 Å². The number of esters is 1. The highest BCUT2D eigenvalue weighted by molar-refractivity contribution is 5.94. The molecule has 0 aliphatic carbocycles. The molecule has 1 aromatic rings. The number of anilines is 1. The Hall–Kier alpha value is -1.82. The largest absolute Gasteiger partial charge is 0.461 e. The zero-order valence-corrected chi connectivity index (χ0v) is 14.2. The summed E-state index contributed by atoms with van der Waals surface area (Å²) in [6, 6.07) is 1.66. The van der Waals surface area contributed by atoms with E-state index < -0.39 is 0 Å². The zero-order chi connectivity index (χ0) is 16.8. The third kappa shape index (κ3) is 4.82. The number of nitrogens with one attached hydrogen (secondary N) is 2. The lowest BCUT2D eigenvalue weighted by molar-refractivity contribution is -0.117. The van der Waals surface area contributed by atoms with Gasteiger partial charge in [0, 0.05) is 19.7 Å². The SMILES string of the molecule is CCOC(=O)c1cc(NC(=O)CC(C)C2CCNCC2)cn1C. The second-order valence-electron chi connectivity index (χ2n) is 6.26. The van der Waals surface area contributed by atoms with Gasteiger partial charge in [-0.3, -0.25) is 4.79 Å². The van der Waals surface area contributed by atoms with Crippen LogP contribution in [0.1, 0.15) is 43.6 Å². The highest BCUT2D eigenvalue weighted by Crippen LogP contribution is 2.25. The first-order chi connectivity index (χ1) is 11.0. The highest BCUT2D eigenvalue weighted by atomic mass is 16.5. The first-order valence-electron chi connectivity index (χ1n) is 8.35. The normalized spacial score (nSPS) is 16.8. The van der Waals surface area contributed by atoms with Crippen LogP contribution in [0.25, 0.3) is 0 Å². The van der Waals surface area contributed by atoms with Crippen LogP contribution in [-0.2, 0) is 16.6 Å². The number of rotatable bonds is 6. The van der Waals surface area contributed by atoms with Crippen molar-refractivity contribution in [2.24, 2.45) is 18.9 Å². The lowest BCUT2D eigenvalue weighted by atomic mass is 9.84. The van der Waals surface area contributed by atoms with Crippen LogP contribution in [0.4, 0.5) is 5.69 Å². The minimum atomic E-state index is -0.376. The number of nitrogens with zero attached hydrogens (tertiary/aromatic N) is 1. The summed E-state index contributed by atoms with van der Waals surface area (Å²) in [5.41, 5.74) is 1.08. The van der Waals surface area contributed by atoms with Crippen LogP contribution in [0.15, 0.2) is 12.3 Å². The van der Waals surface area contributed by atoms with Gasteiger partial charge in [0.25, 0.3) is 0 Å². The summed E-state index contributed by atoms with van der Waals surface area (Å²) in [5.74, 6) is 0.591. The first-order valence-corrected chi connectivity index (χ1v) is 8.35. The molecule has 1 aliphatic rings. The molecule has 0 spiro atoms. The van der Waals surface area contributed by atoms with Gasteiger partial charge in [-0.2, -0.15) is 0 Å². The number of amides is 1. The topological polar surface area (TPSA) is 72.4 Å². The molecule has 1 saturated heterocycles. The fraction of sp³-hybridized carbons (Fsp3) is 0.647. The Morgan fingerprint density at radius 1 is 1.43 bits per heavy atom. The van der Waals surface area contributed by atoms with Gasteiger partial charge in [0.1, 0.15) is 5.69 Å². The van der Waals surface area contributed by atoms with E-state index in [-0.39, 0.29) is 11.9 Å². The van der Waals surface area contributed by atoms with Crippen molar-refractivity contribution in [2.75, 3.05) is 25.0 Å². The smallest absolute Gasteiger partial charge is 0.355 e. The molecule has 1 atom stereocenters. The molecule has 1 aliphatic heterocycles. The van der Waals surface area contributed by atoms with Crippen LogP contribution < -0.4 is 10.6 Å². The number of ether oxygens (including phenoxy) is 1. The van der Waals surface area contributed by atoms with E-state index in [0.29, 0.717) is 36.2 Å². The molecule has 2 rings (SSSR count). The molecule has 1 amide bonds. The van der Waals surface area contributed by atoms with Crippen LogP contribution >= 0.6 is 0 Å². The highest BCUT2D eigenvalue weighted by Gasteiger charge is 2.22. The number of hydrogen-bond acceptors (Lipinski definition) is 4. The lowest BCUT2D eigenvalue weighted by Gasteiger charge is -2.27. The van der Waals surface area contributed by atoms with Gasteiger partial charge in [0.15, 0.2) is 0 Å². The average molecular weight is 321 g/mol. The maximum atomic E-state index is 12.2. The summed E-state index contributed by atoms with van der Waals surface area (Å²) in [4.78, 5) is 24.0. The van der Waals surface area contributed by atoms with Crippen molar-refractivity contribution in [3.63, 3.8) is 0 Å². The van der Waals surface area contributed by atoms with E-state index in [1.807, 2.05) is 0 Å². The van der Waals surface area contributed by atoms with Crippen molar-refractivity contribution in [3.8, 4) is 0 Å². The van der Waals surface area contributed by atoms with E-state index in [0.717, 1.165) is 25.9 Å². The molecule has 0 saturated carbocycles. The Kier molecular flexibility index (Phi) is 6.21. The van der Waals surface area contributed by atoms with Crippen LogP contribution in [0, 0.1) is 11.8 Å². The molecule has 23 heavy (non-hydrogen) atoms. The first kappa shape index (κ1) is 17.5. The van der Waals surface area contributed by atoms with Gasteiger partial charge < -0.3 is 19.9 Å². The van der Waals surface area contributed by atoms with Gasteiger partial charge in [-0.05, 0) is 50.8 Å². The minimum Gasteiger partial charge on any atom is -0.461 e. The lowest BCUT2D eigenvalue weighted by Crippen LogP contribution is -2.32. The number of aromatic nitrogens is 1. The Morgan fingerprint density at radius 3 is 2.78 bits per heavy atom. The molecular formula is C17H27N3O3. The molecule has 6 nitrogen and oxygen atoms in total. The molecule has 6 heteroatoms. The van der Waals surface area contributed by atoms with Crippen LogP contribution in [0.2, 0.25) is 0 Å². The molecule has 128 valence electrons. The van der Waals surface area contributed by atoms with Crippen molar-refractivity contribution in [1.29, 1.82) is 0 Å². The maximum Gasteiger partial charge on any atom is 0.355 e. The fourth-order valence-electron chi connectivity index (χ4n) is 3.13. The summed E-state index contributed by atoms with van der Waals surface area (Å²) in [6.07, 6.45) is 4.51. The maximum absolute atomic E-state index is 12.2. The predicted molar refractivity (Wildman–Crippen MR) is 89.4 cm³/mol. The molecule has 2 N–H and O–H groups in total. The molecule has 0 bridgehead atoms. The zero-order valence-electron chi connectivity index (χ0n) is 14.2. The van der Waals surface area contributed by atoms with Crippen molar-refractivity contribution < 1.29 is 14.3 Å². The Balaban J connectivity index is 1.89. The van der Waals surface area contributed by atoms with Gasteiger partial charge in [-0.1, -0.05) is 6.92 Å². The van der Waals surface area contributed by atoms with Gasteiger partial charge in [-0.15, -0.1) is 0 Å².